The second-order valence-electron chi connectivity index (χ2n) is 6.76. The average Bonchev–Trinajstić information content (AvgIpc) is 2.51. The number of ether oxygens (including phenoxy) is 1. The van der Waals surface area contributed by atoms with Crippen molar-refractivity contribution < 1.29 is 14.3 Å². The molecule has 0 saturated heterocycles. The van der Waals surface area contributed by atoms with E-state index in [0.717, 1.165) is 6.42 Å². The molecule has 0 aliphatic rings. The fourth-order valence-electron chi connectivity index (χ4n) is 1.95. The molecule has 0 spiro atoms. The number of carbonyl (C=O) groups is 2. The molecule has 0 aromatic heterocycles. The third kappa shape index (κ3) is 7.78. The maximum Gasteiger partial charge on any atom is 0.311 e. The lowest BCUT2D eigenvalue weighted by molar-refractivity contribution is -0.156. The quantitative estimate of drug-likeness (QED) is 0.524. The van der Waals surface area contributed by atoms with E-state index in [0.29, 0.717) is 19.3 Å². The number of hydrogen-bond donors (Lipinski definition) is 0. The molecule has 0 heterocycles. The van der Waals surface area contributed by atoms with Crippen molar-refractivity contribution in [1.29, 1.82) is 0 Å². The van der Waals surface area contributed by atoms with Gasteiger partial charge in [0.2, 0.25) is 0 Å². The zero-order chi connectivity index (χ0) is 17.3. The first-order valence-corrected chi connectivity index (χ1v) is 8.26. The predicted octanol–water partition coefficient (Wildman–Crippen LogP) is 4.50. The molecule has 1 aromatic carbocycles. The van der Waals surface area contributed by atoms with E-state index in [2.05, 4.69) is 0 Å². The van der Waals surface area contributed by atoms with Gasteiger partial charge in [0.15, 0.2) is 0 Å². The van der Waals surface area contributed by atoms with E-state index in [4.69, 9.17) is 4.74 Å². The van der Waals surface area contributed by atoms with Crippen LogP contribution in [0.15, 0.2) is 42.5 Å². The van der Waals surface area contributed by atoms with Gasteiger partial charge in [0.25, 0.3) is 0 Å². The molecule has 0 bridgehead atoms. The highest BCUT2D eigenvalue weighted by molar-refractivity contribution is 5.80. The van der Waals surface area contributed by atoms with E-state index in [9.17, 15) is 9.59 Å². The van der Waals surface area contributed by atoms with Crippen LogP contribution < -0.4 is 0 Å². The molecule has 126 valence electrons. The summed E-state index contributed by atoms with van der Waals surface area (Å²) in [6, 6.07) is 9.99. The molecule has 3 nitrogen and oxygen atoms in total. The normalized spacial score (nSPS) is 13.0. The van der Waals surface area contributed by atoms with Gasteiger partial charge in [0.05, 0.1) is 5.41 Å². The van der Waals surface area contributed by atoms with Gasteiger partial charge in [-0.2, -0.15) is 0 Å². The first kappa shape index (κ1) is 19.1. The van der Waals surface area contributed by atoms with Crippen molar-refractivity contribution in [2.75, 3.05) is 0 Å². The maximum atomic E-state index is 11.9. The van der Waals surface area contributed by atoms with Crippen LogP contribution in [0.25, 0.3) is 0 Å². The highest BCUT2D eigenvalue weighted by Gasteiger charge is 2.24. The molecule has 0 amide bonds. The van der Waals surface area contributed by atoms with Gasteiger partial charge in [-0.1, -0.05) is 43.3 Å². The molecule has 3 heteroatoms. The molecule has 23 heavy (non-hydrogen) atoms. The lowest BCUT2D eigenvalue weighted by Crippen LogP contribution is -2.27. The smallest absolute Gasteiger partial charge is 0.311 e. The standard InChI is InChI=1S/C20H28O3/c1-5-18(23-19(22)20(2,3)4)13-9-12-17(21)15-14-16-10-7-6-8-11-16/h6-11,13,18H,5,12,14-15H2,1-4H3. The summed E-state index contributed by atoms with van der Waals surface area (Å²) in [7, 11) is 0. The summed E-state index contributed by atoms with van der Waals surface area (Å²) in [5.74, 6) is -0.0218. The Morgan fingerprint density at radius 2 is 1.83 bits per heavy atom. The minimum atomic E-state index is -0.507. The number of benzene rings is 1. The number of hydrogen-bond acceptors (Lipinski definition) is 3. The molecule has 1 unspecified atom stereocenters. The first-order valence-electron chi connectivity index (χ1n) is 8.26. The minimum Gasteiger partial charge on any atom is -0.458 e. The van der Waals surface area contributed by atoms with Crippen LogP contribution in [-0.2, 0) is 20.7 Å². The van der Waals surface area contributed by atoms with Crippen molar-refractivity contribution in [3.05, 3.63) is 48.0 Å². The zero-order valence-electron chi connectivity index (χ0n) is 14.7. The van der Waals surface area contributed by atoms with E-state index < -0.39 is 5.41 Å². The van der Waals surface area contributed by atoms with Crippen LogP contribution in [0.5, 0.6) is 0 Å². The molecule has 0 aliphatic carbocycles. The molecular formula is C20H28O3. The number of allylic oxidation sites excluding steroid dienone is 1. The van der Waals surface area contributed by atoms with Crippen molar-refractivity contribution in [1.82, 2.24) is 0 Å². The molecule has 0 saturated carbocycles. The molecule has 0 aliphatic heterocycles. The van der Waals surface area contributed by atoms with E-state index in [1.807, 2.05) is 70.2 Å². The summed E-state index contributed by atoms with van der Waals surface area (Å²) in [5.41, 5.74) is 0.669. The van der Waals surface area contributed by atoms with Crippen LogP contribution in [0.2, 0.25) is 0 Å². The van der Waals surface area contributed by atoms with Gasteiger partial charge in [0.1, 0.15) is 11.9 Å². The summed E-state index contributed by atoms with van der Waals surface area (Å²) in [4.78, 5) is 23.8. The van der Waals surface area contributed by atoms with E-state index in [1.54, 1.807) is 0 Å². The van der Waals surface area contributed by atoms with Crippen molar-refractivity contribution in [3.63, 3.8) is 0 Å². The van der Waals surface area contributed by atoms with Gasteiger partial charge in [-0.25, -0.2) is 0 Å². The molecule has 1 rings (SSSR count). The highest BCUT2D eigenvalue weighted by atomic mass is 16.5. The van der Waals surface area contributed by atoms with Crippen LogP contribution in [0.1, 0.15) is 52.5 Å². The van der Waals surface area contributed by atoms with Crippen LogP contribution in [0.3, 0.4) is 0 Å². The summed E-state index contributed by atoms with van der Waals surface area (Å²) < 4.78 is 5.44. The molecular weight excluding hydrogens is 288 g/mol. The number of ketones is 1. The number of carbonyl (C=O) groups excluding carboxylic acids is 2. The van der Waals surface area contributed by atoms with Gasteiger partial charge in [0, 0.05) is 12.8 Å². The summed E-state index contributed by atoms with van der Waals surface area (Å²) >= 11 is 0. The van der Waals surface area contributed by atoms with Gasteiger partial charge in [-0.15, -0.1) is 0 Å². The van der Waals surface area contributed by atoms with E-state index in [1.165, 1.54) is 5.56 Å². The van der Waals surface area contributed by atoms with Gasteiger partial charge >= 0.3 is 5.97 Å². The lowest BCUT2D eigenvalue weighted by atomic mass is 9.97. The van der Waals surface area contributed by atoms with E-state index >= 15 is 0 Å². The van der Waals surface area contributed by atoms with Crippen molar-refractivity contribution >= 4 is 11.8 Å². The third-order valence-electron chi connectivity index (χ3n) is 3.50. The number of aryl methyl sites for hydroxylation is 1. The largest absolute Gasteiger partial charge is 0.458 e. The molecule has 0 N–H and O–H groups in total. The Bertz CT molecular complexity index is 524. The molecule has 0 radical (unpaired) electrons. The van der Waals surface area contributed by atoms with Crippen LogP contribution in [0, 0.1) is 5.41 Å². The number of Topliss-reactive ketones (excluding diaryl/α,β-unsaturated/α-hetero) is 1. The van der Waals surface area contributed by atoms with Crippen LogP contribution in [-0.4, -0.2) is 17.9 Å². The fraction of sp³-hybridized carbons (Fsp3) is 0.500. The van der Waals surface area contributed by atoms with Gasteiger partial charge < -0.3 is 4.74 Å². The number of esters is 1. The third-order valence-corrected chi connectivity index (χ3v) is 3.50. The Hall–Kier alpha value is -1.90. The SMILES string of the molecule is CCC(C=CCC(=O)CCc1ccccc1)OC(=O)C(C)(C)C. The maximum absolute atomic E-state index is 11.9. The topological polar surface area (TPSA) is 43.4 Å². The molecule has 1 aromatic rings. The van der Waals surface area contributed by atoms with E-state index in [-0.39, 0.29) is 17.9 Å². The monoisotopic (exact) mass is 316 g/mol. The molecule has 1 atom stereocenters. The average molecular weight is 316 g/mol. The van der Waals surface area contributed by atoms with Crippen molar-refractivity contribution in [2.24, 2.45) is 5.41 Å². The lowest BCUT2D eigenvalue weighted by Gasteiger charge is -2.20. The second-order valence-corrected chi connectivity index (χ2v) is 6.76. The highest BCUT2D eigenvalue weighted by Crippen LogP contribution is 2.17. The summed E-state index contributed by atoms with van der Waals surface area (Å²) in [5, 5.41) is 0. The fourth-order valence-corrected chi connectivity index (χ4v) is 1.95. The summed E-state index contributed by atoms with van der Waals surface area (Å²) in [6.45, 7) is 7.46. The minimum absolute atomic E-state index is 0.196. The predicted molar refractivity (Wildman–Crippen MR) is 93.2 cm³/mol. The zero-order valence-corrected chi connectivity index (χ0v) is 14.7. The van der Waals surface area contributed by atoms with Crippen LogP contribution >= 0.6 is 0 Å². The second kappa shape index (κ2) is 9.29. The first-order chi connectivity index (χ1) is 10.8. The Kier molecular flexibility index (Phi) is 7.73. The van der Waals surface area contributed by atoms with Crippen molar-refractivity contribution in [3.8, 4) is 0 Å². The van der Waals surface area contributed by atoms with Gasteiger partial charge in [-0.3, -0.25) is 9.59 Å². The summed E-state index contributed by atoms with van der Waals surface area (Å²) in [6.07, 6.45) is 5.77. The Morgan fingerprint density at radius 3 is 2.39 bits per heavy atom. The Morgan fingerprint density at radius 1 is 1.17 bits per heavy atom. The number of rotatable bonds is 8. The van der Waals surface area contributed by atoms with Crippen molar-refractivity contribution in [2.45, 2.75) is 59.5 Å². The Balaban J connectivity index is 2.37. The van der Waals surface area contributed by atoms with Gasteiger partial charge in [-0.05, 0) is 45.3 Å². The molecule has 0 fully saturated rings. The van der Waals surface area contributed by atoms with Crippen LogP contribution in [0.4, 0.5) is 0 Å². The Labute approximate surface area is 139 Å².